The smallest absolute Gasteiger partial charge is 0.225 e. The minimum atomic E-state index is -0.368. The standard InChI is InChI=1S/C23H33FN4O2/c1-23(2,3)20(21-25-18-10-9-17(24)12-19(18)26-21)27-22(30)16(13-28(4)14-29)11-15-7-5-6-8-15/h9-10,12,14-16,20H,5-8,11,13H2,1-4H3,(H,25,26)(H,27,30)/t16-,20-/m1/s1. The Bertz CT molecular complexity index is 883. The van der Waals surface area contributed by atoms with Gasteiger partial charge in [0.25, 0.3) is 0 Å². The maximum Gasteiger partial charge on any atom is 0.225 e. The number of aromatic amines is 1. The van der Waals surface area contributed by atoms with Crippen LogP contribution in [-0.4, -0.2) is 40.8 Å². The van der Waals surface area contributed by atoms with Crippen molar-refractivity contribution in [2.45, 2.75) is 58.9 Å². The second-order valence-electron chi connectivity index (χ2n) is 9.72. The van der Waals surface area contributed by atoms with Gasteiger partial charge in [-0.1, -0.05) is 46.5 Å². The van der Waals surface area contributed by atoms with Crippen molar-refractivity contribution >= 4 is 23.4 Å². The fraction of sp³-hybridized carbons (Fsp3) is 0.609. The monoisotopic (exact) mass is 416 g/mol. The minimum absolute atomic E-state index is 0.0674. The van der Waals surface area contributed by atoms with Gasteiger partial charge in [0.05, 0.1) is 23.0 Å². The van der Waals surface area contributed by atoms with E-state index in [1.54, 1.807) is 13.1 Å². The summed E-state index contributed by atoms with van der Waals surface area (Å²) in [6.45, 7) is 6.51. The first kappa shape index (κ1) is 22.2. The van der Waals surface area contributed by atoms with E-state index in [0.29, 0.717) is 29.3 Å². The highest BCUT2D eigenvalue weighted by Gasteiger charge is 2.34. The molecule has 3 rings (SSSR count). The zero-order valence-electron chi connectivity index (χ0n) is 18.4. The predicted octanol–water partition coefficient (Wildman–Crippen LogP) is 4.19. The molecule has 1 saturated carbocycles. The molecule has 7 heteroatoms. The number of nitrogens with zero attached hydrogens (tertiary/aromatic N) is 2. The molecule has 0 bridgehead atoms. The van der Waals surface area contributed by atoms with Crippen LogP contribution in [0.2, 0.25) is 0 Å². The highest BCUT2D eigenvalue weighted by atomic mass is 19.1. The molecule has 1 fully saturated rings. The lowest BCUT2D eigenvalue weighted by atomic mass is 9.85. The second kappa shape index (κ2) is 9.14. The van der Waals surface area contributed by atoms with E-state index in [0.717, 1.165) is 25.7 Å². The Kier molecular flexibility index (Phi) is 6.78. The first-order chi connectivity index (χ1) is 14.2. The van der Waals surface area contributed by atoms with E-state index >= 15 is 0 Å². The van der Waals surface area contributed by atoms with Gasteiger partial charge in [-0.25, -0.2) is 9.37 Å². The second-order valence-corrected chi connectivity index (χ2v) is 9.72. The Morgan fingerprint density at radius 2 is 2.07 bits per heavy atom. The number of nitrogens with one attached hydrogen (secondary N) is 2. The maximum absolute atomic E-state index is 13.6. The van der Waals surface area contributed by atoms with Gasteiger partial charge < -0.3 is 15.2 Å². The summed E-state index contributed by atoms with van der Waals surface area (Å²) in [7, 11) is 1.71. The Labute approximate surface area is 177 Å². The van der Waals surface area contributed by atoms with Gasteiger partial charge in [0.15, 0.2) is 0 Å². The molecule has 2 N–H and O–H groups in total. The van der Waals surface area contributed by atoms with Gasteiger partial charge in [-0.2, -0.15) is 0 Å². The molecule has 0 saturated heterocycles. The number of fused-ring (bicyclic) bond motifs is 1. The molecule has 0 aliphatic heterocycles. The summed E-state index contributed by atoms with van der Waals surface area (Å²) in [4.78, 5) is 33.8. The van der Waals surface area contributed by atoms with Gasteiger partial charge in [0.2, 0.25) is 12.3 Å². The molecular weight excluding hydrogens is 383 g/mol. The molecule has 1 aliphatic rings. The lowest BCUT2D eigenvalue weighted by Crippen LogP contribution is -2.43. The molecule has 1 aromatic carbocycles. The topological polar surface area (TPSA) is 78.1 Å². The van der Waals surface area contributed by atoms with Crippen molar-refractivity contribution in [3.05, 3.63) is 29.8 Å². The zero-order valence-corrected chi connectivity index (χ0v) is 18.4. The van der Waals surface area contributed by atoms with Gasteiger partial charge in [-0.05, 0) is 36.0 Å². The van der Waals surface area contributed by atoms with Crippen molar-refractivity contribution in [3.63, 3.8) is 0 Å². The number of aromatic nitrogens is 2. The quantitative estimate of drug-likeness (QED) is 0.634. The molecule has 2 amide bonds. The first-order valence-corrected chi connectivity index (χ1v) is 10.8. The third-order valence-corrected chi connectivity index (χ3v) is 6.04. The highest BCUT2D eigenvalue weighted by molar-refractivity contribution is 5.80. The van der Waals surface area contributed by atoms with Crippen molar-refractivity contribution in [1.29, 1.82) is 0 Å². The van der Waals surface area contributed by atoms with E-state index in [1.165, 1.54) is 29.9 Å². The fourth-order valence-corrected chi connectivity index (χ4v) is 4.40. The van der Waals surface area contributed by atoms with Crippen LogP contribution in [0.15, 0.2) is 18.2 Å². The molecule has 0 spiro atoms. The molecule has 1 heterocycles. The summed E-state index contributed by atoms with van der Waals surface area (Å²) in [5.41, 5.74) is 0.964. The normalized spacial score (nSPS) is 17.1. The van der Waals surface area contributed by atoms with Crippen LogP contribution in [0.4, 0.5) is 4.39 Å². The van der Waals surface area contributed by atoms with Crippen molar-refractivity contribution in [1.82, 2.24) is 20.2 Å². The SMILES string of the molecule is CN(C=O)C[C@@H](CC1CCCC1)C(=O)N[C@H](c1nc2ccc(F)cc2[nH]1)C(C)(C)C. The highest BCUT2D eigenvalue weighted by Crippen LogP contribution is 2.34. The summed E-state index contributed by atoms with van der Waals surface area (Å²) in [5, 5.41) is 3.18. The Hall–Kier alpha value is -2.44. The number of carbonyl (C=O) groups is 2. The number of carbonyl (C=O) groups excluding carboxylic acids is 2. The van der Waals surface area contributed by atoms with Crippen molar-refractivity contribution in [2.24, 2.45) is 17.3 Å². The average molecular weight is 417 g/mol. The van der Waals surface area contributed by atoms with E-state index in [2.05, 4.69) is 15.3 Å². The predicted molar refractivity (Wildman–Crippen MR) is 115 cm³/mol. The summed E-state index contributed by atoms with van der Waals surface area (Å²) >= 11 is 0. The van der Waals surface area contributed by atoms with Crippen LogP contribution >= 0.6 is 0 Å². The Morgan fingerprint density at radius 1 is 1.37 bits per heavy atom. The number of hydrogen-bond donors (Lipinski definition) is 2. The lowest BCUT2D eigenvalue weighted by Gasteiger charge is -2.32. The van der Waals surface area contributed by atoms with Crippen molar-refractivity contribution in [3.8, 4) is 0 Å². The number of rotatable bonds is 8. The van der Waals surface area contributed by atoms with E-state index in [9.17, 15) is 14.0 Å². The summed E-state index contributed by atoms with van der Waals surface area (Å²) in [5.74, 6) is 0.475. The molecule has 1 aromatic heterocycles. The Balaban J connectivity index is 1.83. The summed E-state index contributed by atoms with van der Waals surface area (Å²) in [6.07, 6.45) is 6.26. The van der Waals surface area contributed by atoms with Crippen LogP contribution in [-0.2, 0) is 9.59 Å². The van der Waals surface area contributed by atoms with E-state index in [-0.39, 0.29) is 29.1 Å². The maximum atomic E-state index is 13.6. The van der Waals surface area contributed by atoms with Gasteiger partial charge in [-0.15, -0.1) is 0 Å². The third kappa shape index (κ3) is 5.37. The molecule has 2 aromatic rings. The molecule has 1 aliphatic carbocycles. The van der Waals surface area contributed by atoms with Gasteiger partial charge in [0.1, 0.15) is 11.6 Å². The number of imidazole rings is 1. The molecule has 0 unspecified atom stereocenters. The molecular formula is C23H33FN4O2. The third-order valence-electron chi connectivity index (χ3n) is 6.04. The lowest BCUT2D eigenvalue weighted by molar-refractivity contribution is -0.128. The first-order valence-electron chi connectivity index (χ1n) is 10.8. The zero-order chi connectivity index (χ0) is 21.9. The molecule has 164 valence electrons. The number of amides is 2. The molecule has 30 heavy (non-hydrogen) atoms. The number of halogens is 1. The van der Waals surface area contributed by atoms with Crippen molar-refractivity contribution < 1.29 is 14.0 Å². The summed E-state index contributed by atoms with van der Waals surface area (Å²) < 4.78 is 13.6. The number of benzene rings is 1. The fourth-order valence-electron chi connectivity index (χ4n) is 4.40. The van der Waals surface area contributed by atoms with Gasteiger partial charge in [-0.3, -0.25) is 9.59 Å². The molecule has 6 nitrogen and oxygen atoms in total. The van der Waals surface area contributed by atoms with Crippen LogP contribution < -0.4 is 5.32 Å². The van der Waals surface area contributed by atoms with Crippen LogP contribution in [0.25, 0.3) is 11.0 Å². The largest absolute Gasteiger partial charge is 0.348 e. The average Bonchev–Trinajstić information content (AvgIpc) is 3.33. The number of H-pyrrole nitrogens is 1. The van der Waals surface area contributed by atoms with E-state index in [4.69, 9.17) is 0 Å². The van der Waals surface area contributed by atoms with Crippen molar-refractivity contribution in [2.75, 3.05) is 13.6 Å². The van der Waals surface area contributed by atoms with Crippen LogP contribution in [0.1, 0.15) is 64.7 Å². The van der Waals surface area contributed by atoms with Crippen LogP contribution in [0.5, 0.6) is 0 Å². The Morgan fingerprint density at radius 3 is 2.70 bits per heavy atom. The number of hydrogen-bond acceptors (Lipinski definition) is 3. The van der Waals surface area contributed by atoms with Crippen LogP contribution in [0, 0.1) is 23.1 Å². The molecule has 0 radical (unpaired) electrons. The molecule has 2 atom stereocenters. The van der Waals surface area contributed by atoms with Crippen LogP contribution in [0.3, 0.4) is 0 Å². The summed E-state index contributed by atoms with van der Waals surface area (Å²) in [6, 6.07) is 4.06. The van der Waals surface area contributed by atoms with Gasteiger partial charge >= 0.3 is 0 Å². The van der Waals surface area contributed by atoms with E-state index in [1.807, 2.05) is 20.8 Å². The van der Waals surface area contributed by atoms with E-state index < -0.39 is 0 Å². The van der Waals surface area contributed by atoms with Gasteiger partial charge in [0, 0.05) is 13.6 Å². The minimum Gasteiger partial charge on any atom is -0.348 e.